The zero-order valence-electron chi connectivity index (χ0n) is 19.9. The molecule has 1 fully saturated rings. The van der Waals surface area contributed by atoms with Crippen LogP contribution in [0.4, 0.5) is 10.5 Å². The lowest BCUT2D eigenvalue weighted by Gasteiger charge is -2.27. The third kappa shape index (κ3) is 4.63. The van der Waals surface area contributed by atoms with Crippen LogP contribution in [0.3, 0.4) is 0 Å². The van der Waals surface area contributed by atoms with Gasteiger partial charge in [0.05, 0.1) is 30.7 Å². The summed E-state index contributed by atoms with van der Waals surface area (Å²) in [7, 11) is 0. The van der Waals surface area contributed by atoms with E-state index >= 15 is 0 Å². The van der Waals surface area contributed by atoms with Gasteiger partial charge < -0.3 is 29.6 Å². The molecule has 36 heavy (non-hydrogen) atoms. The molecule has 1 atom stereocenters. The first-order valence-corrected chi connectivity index (χ1v) is 11.5. The first kappa shape index (κ1) is 24.8. The lowest BCUT2D eigenvalue weighted by Crippen LogP contribution is -2.42. The number of allylic oxidation sites excluding steroid dienone is 1. The van der Waals surface area contributed by atoms with Gasteiger partial charge in [-0.25, -0.2) is 4.79 Å². The summed E-state index contributed by atoms with van der Waals surface area (Å²) in [5, 5.41) is 29.1. The van der Waals surface area contributed by atoms with Crippen LogP contribution in [0.5, 0.6) is 17.4 Å². The molecule has 2 aliphatic heterocycles. The number of ether oxygens (including phenoxy) is 4. The maximum Gasteiger partial charge on any atom is 0.415 e. The van der Waals surface area contributed by atoms with E-state index in [0.717, 1.165) is 12.1 Å². The van der Waals surface area contributed by atoms with Crippen LogP contribution < -0.4 is 19.9 Å². The predicted molar refractivity (Wildman–Crippen MR) is 125 cm³/mol. The van der Waals surface area contributed by atoms with Gasteiger partial charge in [0.2, 0.25) is 11.8 Å². The summed E-state index contributed by atoms with van der Waals surface area (Å²) in [6.45, 7) is 5.12. The third-order valence-corrected chi connectivity index (χ3v) is 5.86. The van der Waals surface area contributed by atoms with Crippen molar-refractivity contribution in [3.63, 3.8) is 0 Å². The fourth-order valence-electron chi connectivity index (χ4n) is 4.26. The van der Waals surface area contributed by atoms with E-state index in [1.165, 1.54) is 17.0 Å². The molecule has 190 valence electrons. The lowest BCUT2D eigenvalue weighted by atomic mass is 9.83. The molecular weight excluding hydrogens is 472 g/mol. The summed E-state index contributed by atoms with van der Waals surface area (Å²) in [5.41, 5.74) is 7.25. The molecule has 0 unspecified atom stereocenters. The second-order valence-electron chi connectivity index (χ2n) is 8.12. The number of rotatable bonds is 7. The van der Waals surface area contributed by atoms with Crippen LogP contribution in [-0.4, -0.2) is 59.0 Å². The molecule has 0 radical (unpaired) electrons. The number of aromatic nitrogens is 2. The molecule has 0 spiro atoms. The predicted octanol–water partition coefficient (Wildman–Crippen LogP) is 2.72. The Morgan fingerprint density at radius 2 is 2.14 bits per heavy atom. The molecular formula is C23H26N6O7. The van der Waals surface area contributed by atoms with Crippen LogP contribution in [0.15, 0.2) is 23.6 Å². The Kier molecular flexibility index (Phi) is 7.25. The van der Waals surface area contributed by atoms with E-state index in [2.05, 4.69) is 16.3 Å². The van der Waals surface area contributed by atoms with Crippen molar-refractivity contribution in [2.45, 2.75) is 32.6 Å². The molecule has 2 aromatic rings. The van der Waals surface area contributed by atoms with Gasteiger partial charge in [0, 0.05) is 30.4 Å². The SMILES string of the molecule is CCCc1[nH]nc2c1[C@H](c1cc(OCC)c(OC(=O)N3CCOCC3)c([N+](=O)[O-])c1)C(C#N)=C(N)O2. The molecule has 1 aromatic heterocycles. The standard InChI is InChI=1S/C23H26N6O7/c1-3-5-15-19-18(14(12-24)21(25)36-22(19)27-26-15)13-10-16(29(31)32)20(17(11-13)34-4-2)35-23(30)28-6-8-33-9-7-28/h10-11,18H,3-9,25H2,1-2H3,(H,26,27)/t18-/m1/s1. The Balaban J connectivity index is 1.85. The normalized spacial score (nSPS) is 17.1. The number of hydrogen-bond donors (Lipinski definition) is 2. The minimum atomic E-state index is -0.805. The fourth-order valence-corrected chi connectivity index (χ4v) is 4.26. The summed E-state index contributed by atoms with van der Waals surface area (Å²) >= 11 is 0. The summed E-state index contributed by atoms with van der Waals surface area (Å²) in [4.78, 5) is 25.6. The van der Waals surface area contributed by atoms with Gasteiger partial charge in [-0.2, -0.15) is 5.26 Å². The van der Waals surface area contributed by atoms with Crippen LogP contribution in [0, 0.1) is 21.4 Å². The number of hydrogen-bond acceptors (Lipinski definition) is 10. The van der Waals surface area contributed by atoms with Crippen molar-refractivity contribution in [1.82, 2.24) is 15.1 Å². The molecule has 0 aliphatic carbocycles. The van der Waals surface area contributed by atoms with E-state index in [1.54, 1.807) is 6.92 Å². The first-order chi connectivity index (χ1) is 17.4. The smallest absolute Gasteiger partial charge is 0.415 e. The summed E-state index contributed by atoms with van der Waals surface area (Å²) < 4.78 is 22.0. The Hall–Kier alpha value is -4.31. The number of aromatic amines is 1. The third-order valence-electron chi connectivity index (χ3n) is 5.86. The lowest BCUT2D eigenvalue weighted by molar-refractivity contribution is -0.385. The number of benzene rings is 1. The van der Waals surface area contributed by atoms with Crippen molar-refractivity contribution >= 4 is 11.8 Å². The van der Waals surface area contributed by atoms with E-state index in [1.807, 2.05) is 6.92 Å². The second-order valence-corrected chi connectivity index (χ2v) is 8.12. The Morgan fingerprint density at radius 3 is 2.78 bits per heavy atom. The molecule has 1 amide bonds. The number of nitrogens with one attached hydrogen (secondary N) is 1. The van der Waals surface area contributed by atoms with E-state index in [4.69, 9.17) is 24.7 Å². The Morgan fingerprint density at radius 1 is 1.39 bits per heavy atom. The van der Waals surface area contributed by atoms with Crippen LogP contribution >= 0.6 is 0 Å². The fraction of sp³-hybridized carbons (Fsp3) is 0.435. The van der Waals surface area contributed by atoms with Crippen molar-refractivity contribution in [3.05, 3.63) is 50.5 Å². The number of nitriles is 1. The number of fused-ring (bicyclic) bond motifs is 1. The van der Waals surface area contributed by atoms with Crippen LogP contribution in [0.1, 0.15) is 43.0 Å². The van der Waals surface area contributed by atoms with Crippen molar-refractivity contribution < 1.29 is 28.7 Å². The van der Waals surface area contributed by atoms with Crippen LogP contribution in [0.2, 0.25) is 0 Å². The number of carbonyl (C=O) groups excluding carboxylic acids is 1. The van der Waals surface area contributed by atoms with Gasteiger partial charge >= 0.3 is 11.8 Å². The minimum absolute atomic E-state index is 0.00671. The molecule has 0 bridgehead atoms. The van der Waals surface area contributed by atoms with Crippen LogP contribution in [0.25, 0.3) is 0 Å². The average Bonchev–Trinajstić information content (AvgIpc) is 3.26. The number of carbonyl (C=O) groups is 1. The maximum atomic E-state index is 12.7. The molecule has 13 heteroatoms. The summed E-state index contributed by atoms with van der Waals surface area (Å²) in [6, 6.07) is 4.85. The highest BCUT2D eigenvalue weighted by atomic mass is 16.6. The molecule has 3 N–H and O–H groups in total. The number of amides is 1. The molecule has 4 rings (SSSR count). The van der Waals surface area contributed by atoms with Gasteiger partial charge in [-0.3, -0.25) is 15.2 Å². The molecule has 0 saturated carbocycles. The molecule has 1 saturated heterocycles. The maximum absolute atomic E-state index is 12.7. The van der Waals surface area contributed by atoms with Crippen LogP contribution in [-0.2, 0) is 11.2 Å². The second kappa shape index (κ2) is 10.5. The van der Waals surface area contributed by atoms with Gasteiger partial charge in [0.15, 0.2) is 5.75 Å². The molecule has 2 aliphatic rings. The van der Waals surface area contributed by atoms with E-state index in [9.17, 15) is 20.2 Å². The topological polar surface area (TPSA) is 179 Å². The van der Waals surface area contributed by atoms with E-state index in [0.29, 0.717) is 43.9 Å². The molecule has 1 aromatic carbocycles. The van der Waals surface area contributed by atoms with Crippen molar-refractivity contribution in [2.75, 3.05) is 32.9 Å². The number of nitro groups is 1. The van der Waals surface area contributed by atoms with Gasteiger partial charge in [-0.1, -0.05) is 13.3 Å². The highest BCUT2D eigenvalue weighted by molar-refractivity contribution is 5.75. The number of morpholine rings is 1. The Labute approximate surface area is 206 Å². The zero-order chi connectivity index (χ0) is 25.8. The van der Waals surface area contributed by atoms with Gasteiger partial charge in [-0.15, -0.1) is 5.10 Å². The van der Waals surface area contributed by atoms with Crippen molar-refractivity contribution in [1.29, 1.82) is 5.26 Å². The molecule has 3 heterocycles. The average molecular weight is 498 g/mol. The van der Waals surface area contributed by atoms with Crippen molar-refractivity contribution in [3.8, 4) is 23.4 Å². The summed E-state index contributed by atoms with van der Waals surface area (Å²) in [6.07, 6.45) is 0.644. The number of H-pyrrole nitrogens is 1. The number of nitrogens with zero attached hydrogens (tertiary/aromatic N) is 4. The van der Waals surface area contributed by atoms with Crippen molar-refractivity contribution in [2.24, 2.45) is 5.73 Å². The quantitative estimate of drug-likeness (QED) is 0.426. The highest BCUT2D eigenvalue weighted by Crippen LogP contribution is 2.47. The highest BCUT2D eigenvalue weighted by Gasteiger charge is 2.38. The summed E-state index contributed by atoms with van der Waals surface area (Å²) in [5.74, 6) is -1.07. The Bertz CT molecular complexity index is 1240. The van der Waals surface area contributed by atoms with Gasteiger partial charge in [0.1, 0.15) is 11.6 Å². The van der Waals surface area contributed by atoms with E-state index in [-0.39, 0.29) is 35.4 Å². The van der Waals surface area contributed by atoms with Gasteiger partial charge in [0.25, 0.3) is 5.75 Å². The first-order valence-electron chi connectivity index (χ1n) is 11.5. The minimum Gasteiger partial charge on any atom is -0.490 e. The molecule has 13 nitrogen and oxygen atoms in total. The zero-order valence-corrected chi connectivity index (χ0v) is 19.9. The number of aryl methyl sites for hydroxylation is 1. The monoisotopic (exact) mass is 498 g/mol. The largest absolute Gasteiger partial charge is 0.490 e. The number of nitrogens with two attached hydrogens (primary N) is 1. The van der Waals surface area contributed by atoms with Gasteiger partial charge in [-0.05, 0) is 25.0 Å². The number of nitro benzene ring substituents is 1. The van der Waals surface area contributed by atoms with E-state index < -0.39 is 22.6 Å².